The minimum absolute atomic E-state index is 0.239. The van der Waals surface area contributed by atoms with E-state index in [1.807, 2.05) is 13.0 Å². The summed E-state index contributed by atoms with van der Waals surface area (Å²) in [5.41, 5.74) is 1.17. The smallest absolute Gasteiger partial charge is 0.341 e. The molecular formula is C21H22O7. The van der Waals surface area contributed by atoms with Crippen molar-refractivity contribution in [2.24, 2.45) is 0 Å². The molecule has 0 bridgehead atoms. The number of carbonyl (C=O) groups excluding carboxylic acids is 1. The van der Waals surface area contributed by atoms with Gasteiger partial charge in [-0.15, -0.1) is 0 Å². The zero-order valence-electron chi connectivity index (χ0n) is 15.9. The molecule has 148 valence electrons. The number of methoxy groups -OCH3 is 2. The topological polar surface area (TPSA) is 91.3 Å². The van der Waals surface area contributed by atoms with Crippen LogP contribution in [-0.2, 0) is 4.79 Å². The van der Waals surface area contributed by atoms with Crippen LogP contribution in [0.15, 0.2) is 42.5 Å². The van der Waals surface area contributed by atoms with E-state index in [4.69, 9.17) is 24.1 Å². The number of benzene rings is 2. The molecule has 0 radical (unpaired) electrons. The van der Waals surface area contributed by atoms with Gasteiger partial charge in [-0.25, -0.2) is 4.79 Å². The molecule has 0 aliphatic carbocycles. The second-order valence-electron chi connectivity index (χ2n) is 5.59. The molecule has 2 aromatic carbocycles. The lowest BCUT2D eigenvalue weighted by atomic mass is 10.1. The van der Waals surface area contributed by atoms with Crippen molar-refractivity contribution in [3.05, 3.63) is 53.6 Å². The Labute approximate surface area is 163 Å². The van der Waals surface area contributed by atoms with Gasteiger partial charge in [-0.3, -0.25) is 4.79 Å². The summed E-state index contributed by atoms with van der Waals surface area (Å²) < 4.78 is 21.1. The van der Waals surface area contributed by atoms with E-state index in [2.05, 4.69) is 0 Å². The fourth-order valence-electron chi connectivity index (χ4n) is 2.41. The lowest BCUT2D eigenvalue weighted by molar-refractivity contribution is -0.139. The zero-order chi connectivity index (χ0) is 20.5. The van der Waals surface area contributed by atoms with Gasteiger partial charge in [0.15, 0.2) is 35.4 Å². The van der Waals surface area contributed by atoms with E-state index in [9.17, 15) is 9.59 Å². The molecule has 0 fully saturated rings. The first-order chi connectivity index (χ1) is 13.5. The first-order valence-electron chi connectivity index (χ1n) is 8.54. The van der Waals surface area contributed by atoms with Crippen LogP contribution < -0.4 is 18.9 Å². The number of rotatable bonds is 10. The summed E-state index contributed by atoms with van der Waals surface area (Å²) in [5.74, 6) is 0.409. The third kappa shape index (κ3) is 5.51. The summed E-state index contributed by atoms with van der Waals surface area (Å²) in [7, 11) is 2.98. The molecule has 2 aromatic rings. The average molecular weight is 386 g/mol. The quantitative estimate of drug-likeness (QED) is 0.494. The van der Waals surface area contributed by atoms with Crippen molar-refractivity contribution in [1.29, 1.82) is 0 Å². The molecule has 7 heteroatoms. The second kappa shape index (κ2) is 10.0. The SMILES string of the molecule is CCOc1cc(C=CC(=O)c2ccc(OCC(=O)O)c(OC)c2)ccc1OC. The molecule has 2 rings (SSSR count). The number of carboxylic acid groups (broad SMARTS) is 1. The Morgan fingerprint density at radius 1 is 0.929 bits per heavy atom. The lowest BCUT2D eigenvalue weighted by Gasteiger charge is -2.10. The number of aliphatic carboxylic acids is 1. The van der Waals surface area contributed by atoms with E-state index in [1.165, 1.54) is 25.3 Å². The number of hydrogen-bond acceptors (Lipinski definition) is 6. The van der Waals surface area contributed by atoms with Crippen LogP contribution in [0.25, 0.3) is 6.08 Å². The van der Waals surface area contributed by atoms with E-state index < -0.39 is 12.6 Å². The van der Waals surface area contributed by atoms with Crippen LogP contribution >= 0.6 is 0 Å². The summed E-state index contributed by atoms with van der Waals surface area (Å²) in [6.07, 6.45) is 3.11. The maximum atomic E-state index is 12.5. The third-order valence-electron chi connectivity index (χ3n) is 3.71. The summed E-state index contributed by atoms with van der Waals surface area (Å²) in [5, 5.41) is 8.70. The highest BCUT2D eigenvalue weighted by molar-refractivity contribution is 6.07. The molecule has 0 heterocycles. The standard InChI is InChI=1S/C21H22O7/c1-4-27-20-11-14(6-9-17(20)25-2)5-8-16(22)15-7-10-18(19(12-15)26-3)28-13-21(23)24/h5-12H,4,13H2,1-3H3,(H,23,24). The maximum Gasteiger partial charge on any atom is 0.341 e. The zero-order valence-corrected chi connectivity index (χ0v) is 15.9. The average Bonchev–Trinajstić information content (AvgIpc) is 2.70. The minimum Gasteiger partial charge on any atom is -0.493 e. The monoisotopic (exact) mass is 386 g/mol. The Kier molecular flexibility index (Phi) is 7.45. The van der Waals surface area contributed by atoms with E-state index >= 15 is 0 Å². The molecule has 0 atom stereocenters. The maximum absolute atomic E-state index is 12.5. The number of allylic oxidation sites excluding steroid dienone is 1. The third-order valence-corrected chi connectivity index (χ3v) is 3.71. The molecule has 1 N–H and O–H groups in total. The van der Waals surface area contributed by atoms with E-state index in [0.29, 0.717) is 23.7 Å². The summed E-state index contributed by atoms with van der Waals surface area (Å²) >= 11 is 0. The molecule has 0 spiro atoms. The van der Waals surface area contributed by atoms with Crippen LogP contribution in [0.4, 0.5) is 0 Å². The molecule has 0 amide bonds. The molecule has 0 unspecified atom stereocenters. The van der Waals surface area contributed by atoms with Crippen LogP contribution in [0.2, 0.25) is 0 Å². The van der Waals surface area contributed by atoms with Crippen molar-refractivity contribution in [3.63, 3.8) is 0 Å². The van der Waals surface area contributed by atoms with Crippen LogP contribution in [0.1, 0.15) is 22.8 Å². The first-order valence-corrected chi connectivity index (χ1v) is 8.54. The normalized spacial score (nSPS) is 10.5. The number of hydrogen-bond donors (Lipinski definition) is 1. The molecule has 0 aliphatic heterocycles. The van der Waals surface area contributed by atoms with Gasteiger partial charge < -0.3 is 24.1 Å². The van der Waals surface area contributed by atoms with Gasteiger partial charge in [0.1, 0.15) is 0 Å². The van der Waals surface area contributed by atoms with Crippen molar-refractivity contribution in [2.45, 2.75) is 6.92 Å². The summed E-state index contributed by atoms with van der Waals surface area (Å²) in [6.45, 7) is 1.88. The summed E-state index contributed by atoms with van der Waals surface area (Å²) in [4.78, 5) is 23.1. The Balaban J connectivity index is 2.17. The first kappa shape index (κ1) is 20.8. The Morgan fingerprint density at radius 3 is 2.29 bits per heavy atom. The van der Waals surface area contributed by atoms with Gasteiger partial charge in [-0.05, 0) is 48.9 Å². The predicted molar refractivity (Wildman–Crippen MR) is 104 cm³/mol. The van der Waals surface area contributed by atoms with E-state index in [0.717, 1.165) is 5.56 Å². The number of carboxylic acids is 1. The van der Waals surface area contributed by atoms with Crippen LogP contribution in [-0.4, -0.2) is 44.3 Å². The second-order valence-corrected chi connectivity index (χ2v) is 5.59. The van der Waals surface area contributed by atoms with E-state index in [-0.39, 0.29) is 17.3 Å². The molecular weight excluding hydrogens is 364 g/mol. The fraction of sp³-hybridized carbons (Fsp3) is 0.238. The van der Waals surface area contributed by atoms with Gasteiger partial charge in [0, 0.05) is 5.56 Å². The highest BCUT2D eigenvalue weighted by atomic mass is 16.5. The molecule has 7 nitrogen and oxygen atoms in total. The Bertz CT molecular complexity index is 871. The van der Waals surface area contributed by atoms with Crippen molar-refractivity contribution in [1.82, 2.24) is 0 Å². The van der Waals surface area contributed by atoms with Gasteiger partial charge in [-0.1, -0.05) is 12.1 Å². The van der Waals surface area contributed by atoms with Gasteiger partial charge in [0.05, 0.1) is 20.8 Å². The largest absolute Gasteiger partial charge is 0.493 e. The van der Waals surface area contributed by atoms with Crippen molar-refractivity contribution < 1.29 is 33.6 Å². The number of ketones is 1. The minimum atomic E-state index is -1.10. The molecule has 0 saturated heterocycles. The fourth-order valence-corrected chi connectivity index (χ4v) is 2.41. The predicted octanol–water partition coefficient (Wildman–Crippen LogP) is 3.46. The van der Waals surface area contributed by atoms with Gasteiger partial charge in [0.2, 0.25) is 0 Å². The van der Waals surface area contributed by atoms with Crippen molar-refractivity contribution in [2.75, 3.05) is 27.4 Å². The van der Waals surface area contributed by atoms with Gasteiger partial charge in [0.25, 0.3) is 0 Å². The molecule has 0 aliphatic rings. The Morgan fingerprint density at radius 2 is 1.64 bits per heavy atom. The van der Waals surface area contributed by atoms with Crippen molar-refractivity contribution >= 4 is 17.8 Å². The highest BCUT2D eigenvalue weighted by Crippen LogP contribution is 2.30. The van der Waals surface area contributed by atoms with Crippen molar-refractivity contribution in [3.8, 4) is 23.0 Å². The molecule has 28 heavy (non-hydrogen) atoms. The number of ether oxygens (including phenoxy) is 4. The van der Waals surface area contributed by atoms with Crippen LogP contribution in [0.5, 0.6) is 23.0 Å². The summed E-state index contributed by atoms with van der Waals surface area (Å²) in [6, 6.07) is 9.93. The van der Waals surface area contributed by atoms with Crippen LogP contribution in [0.3, 0.4) is 0 Å². The Hall–Kier alpha value is -3.48. The van der Waals surface area contributed by atoms with Gasteiger partial charge >= 0.3 is 5.97 Å². The molecule has 0 aromatic heterocycles. The van der Waals surface area contributed by atoms with Gasteiger partial charge in [-0.2, -0.15) is 0 Å². The highest BCUT2D eigenvalue weighted by Gasteiger charge is 2.11. The van der Waals surface area contributed by atoms with Crippen LogP contribution in [0, 0.1) is 0 Å². The number of carbonyl (C=O) groups is 2. The lowest BCUT2D eigenvalue weighted by Crippen LogP contribution is -2.10. The molecule has 0 saturated carbocycles. The van der Waals surface area contributed by atoms with E-state index in [1.54, 1.807) is 31.4 Å².